The lowest BCUT2D eigenvalue weighted by molar-refractivity contribution is -0.142. The first-order valence-electron chi connectivity index (χ1n) is 11.0. The SMILES string of the molecule is CC1(C)[C@@H]2[C@@H](C(=O)N[C@H](C=O)C[C@@H]3CCNC3=O)N(C(=O)COc3ccc(F)c(F)c3)C[C@@H]21. The second kappa shape index (κ2) is 8.72. The van der Waals surface area contributed by atoms with Gasteiger partial charge in [-0.15, -0.1) is 0 Å². The fourth-order valence-corrected chi connectivity index (χ4v) is 5.23. The minimum atomic E-state index is -1.09. The Bertz CT molecular complexity index is 985. The van der Waals surface area contributed by atoms with Gasteiger partial charge in [0.15, 0.2) is 18.2 Å². The Morgan fingerprint density at radius 3 is 2.73 bits per heavy atom. The van der Waals surface area contributed by atoms with E-state index in [1.807, 2.05) is 13.8 Å². The summed E-state index contributed by atoms with van der Waals surface area (Å²) in [5, 5.41) is 5.42. The number of nitrogens with one attached hydrogen (secondary N) is 2. The van der Waals surface area contributed by atoms with Crippen LogP contribution in [0.1, 0.15) is 26.7 Å². The predicted molar refractivity (Wildman–Crippen MR) is 112 cm³/mol. The van der Waals surface area contributed by atoms with E-state index in [0.29, 0.717) is 25.8 Å². The highest BCUT2D eigenvalue weighted by molar-refractivity contribution is 5.91. The van der Waals surface area contributed by atoms with Crippen LogP contribution in [-0.4, -0.2) is 60.7 Å². The fraction of sp³-hybridized carbons (Fsp3) is 0.565. The first-order chi connectivity index (χ1) is 15.6. The Hall–Kier alpha value is -3.04. The molecule has 1 aliphatic carbocycles. The van der Waals surface area contributed by atoms with Crippen molar-refractivity contribution in [2.75, 3.05) is 19.7 Å². The zero-order chi connectivity index (χ0) is 23.9. The highest BCUT2D eigenvalue weighted by Gasteiger charge is 2.69. The minimum absolute atomic E-state index is 0.00352. The minimum Gasteiger partial charge on any atom is -0.484 e. The average molecular weight is 463 g/mol. The number of ether oxygens (including phenoxy) is 1. The molecule has 3 fully saturated rings. The molecule has 3 aliphatic rings. The van der Waals surface area contributed by atoms with E-state index in [1.165, 1.54) is 11.0 Å². The van der Waals surface area contributed by atoms with Crippen LogP contribution in [0.25, 0.3) is 0 Å². The van der Waals surface area contributed by atoms with Crippen molar-refractivity contribution < 1.29 is 32.7 Å². The zero-order valence-electron chi connectivity index (χ0n) is 18.5. The third kappa shape index (κ3) is 4.43. The van der Waals surface area contributed by atoms with Crippen molar-refractivity contribution in [1.82, 2.24) is 15.5 Å². The molecule has 1 aromatic carbocycles. The van der Waals surface area contributed by atoms with Gasteiger partial charge in [-0.2, -0.15) is 0 Å². The topological polar surface area (TPSA) is 105 Å². The number of halogens is 2. The molecule has 4 rings (SSSR count). The van der Waals surface area contributed by atoms with Crippen molar-refractivity contribution in [3.8, 4) is 5.75 Å². The Kier molecular flexibility index (Phi) is 6.11. The van der Waals surface area contributed by atoms with Crippen LogP contribution in [0.15, 0.2) is 18.2 Å². The zero-order valence-corrected chi connectivity index (χ0v) is 18.5. The maximum Gasteiger partial charge on any atom is 0.261 e. The molecule has 2 heterocycles. The number of likely N-dealkylation sites (tertiary alicyclic amines) is 1. The smallest absolute Gasteiger partial charge is 0.261 e. The van der Waals surface area contributed by atoms with Gasteiger partial charge in [-0.05, 0) is 42.2 Å². The highest BCUT2D eigenvalue weighted by atomic mass is 19.2. The van der Waals surface area contributed by atoms with Crippen LogP contribution < -0.4 is 15.4 Å². The summed E-state index contributed by atoms with van der Waals surface area (Å²) in [4.78, 5) is 50.9. The van der Waals surface area contributed by atoms with Gasteiger partial charge < -0.3 is 25.1 Å². The van der Waals surface area contributed by atoms with Crippen LogP contribution in [-0.2, 0) is 19.2 Å². The van der Waals surface area contributed by atoms with Crippen molar-refractivity contribution in [2.45, 2.75) is 38.8 Å². The van der Waals surface area contributed by atoms with Gasteiger partial charge >= 0.3 is 0 Å². The quantitative estimate of drug-likeness (QED) is 0.561. The van der Waals surface area contributed by atoms with E-state index in [2.05, 4.69) is 10.6 Å². The summed E-state index contributed by atoms with van der Waals surface area (Å²) < 4.78 is 31.8. The average Bonchev–Trinajstić information content (AvgIpc) is 3.13. The van der Waals surface area contributed by atoms with Crippen molar-refractivity contribution >= 4 is 24.0 Å². The van der Waals surface area contributed by atoms with E-state index >= 15 is 0 Å². The lowest BCUT2D eigenvalue weighted by Gasteiger charge is -2.31. The molecule has 0 spiro atoms. The summed E-state index contributed by atoms with van der Waals surface area (Å²) in [5.41, 5.74) is -0.123. The van der Waals surface area contributed by atoms with Gasteiger partial charge in [0.1, 0.15) is 18.1 Å². The van der Waals surface area contributed by atoms with E-state index in [0.717, 1.165) is 12.1 Å². The fourth-order valence-electron chi connectivity index (χ4n) is 5.23. The highest BCUT2D eigenvalue weighted by Crippen LogP contribution is 2.64. The van der Waals surface area contributed by atoms with Gasteiger partial charge in [-0.25, -0.2) is 8.78 Å². The van der Waals surface area contributed by atoms with E-state index < -0.39 is 42.1 Å². The molecule has 3 amide bonds. The molecule has 2 N–H and O–H groups in total. The summed E-state index contributed by atoms with van der Waals surface area (Å²) in [6.07, 6.45) is 1.43. The van der Waals surface area contributed by atoms with E-state index in [9.17, 15) is 28.0 Å². The summed E-state index contributed by atoms with van der Waals surface area (Å²) in [7, 11) is 0. The first kappa shape index (κ1) is 23.1. The molecule has 33 heavy (non-hydrogen) atoms. The molecule has 10 heteroatoms. The van der Waals surface area contributed by atoms with Crippen LogP contribution in [0.4, 0.5) is 8.78 Å². The summed E-state index contributed by atoms with van der Waals surface area (Å²) in [5.74, 6) is -3.40. The molecular weight excluding hydrogens is 436 g/mol. The van der Waals surface area contributed by atoms with Gasteiger partial charge in [0, 0.05) is 25.1 Å². The lowest BCUT2D eigenvalue weighted by atomic mass is 9.97. The molecule has 0 bridgehead atoms. The van der Waals surface area contributed by atoms with Crippen LogP contribution >= 0.6 is 0 Å². The monoisotopic (exact) mass is 463 g/mol. The number of piperidine rings is 1. The number of hydrogen-bond donors (Lipinski definition) is 2. The number of nitrogens with zero attached hydrogens (tertiary/aromatic N) is 1. The molecule has 0 aromatic heterocycles. The van der Waals surface area contributed by atoms with Gasteiger partial charge in [-0.1, -0.05) is 13.8 Å². The summed E-state index contributed by atoms with van der Waals surface area (Å²) >= 11 is 0. The molecule has 2 aliphatic heterocycles. The number of carbonyl (C=O) groups excluding carboxylic acids is 4. The Labute approximate surface area is 190 Å². The van der Waals surface area contributed by atoms with Crippen molar-refractivity contribution in [2.24, 2.45) is 23.2 Å². The van der Waals surface area contributed by atoms with Gasteiger partial charge in [0.2, 0.25) is 11.8 Å². The van der Waals surface area contributed by atoms with Crippen LogP contribution in [0, 0.1) is 34.8 Å². The predicted octanol–water partition coefficient (Wildman–Crippen LogP) is 1.04. The third-order valence-electron chi connectivity index (χ3n) is 7.24. The second-order valence-corrected chi connectivity index (χ2v) is 9.57. The normalized spacial score (nSPS) is 28.0. The maximum absolute atomic E-state index is 13.4. The number of carbonyl (C=O) groups is 4. The van der Waals surface area contributed by atoms with E-state index in [4.69, 9.17) is 4.74 Å². The number of hydrogen-bond acceptors (Lipinski definition) is 5. The van der Waals surface area contributed by atoms with Crippen LogP contribution in [0.5, 0.6) is 5.75 Å². The molecule has 1 aromatic rings. The molecule has 178 valence electrons. The lowest BCUT2D eigenvalue weighted by Crippen LogP contribution is -2.53. The molecule has 1 saturated carbocycles. The second-order valence-electron chi connectivity index (χ2n) is 9.57. The number of rotatable bonds is 8. The molecule has 2 saturated heterocycles. The van der Waals surface area contributed by atoms with Crippen molar-refractivity contribution in [1.29, 1.82) is 0 Å². The van der Waals surface area contributed by atoms with Crippen molar-refractivity contribution in [3.63, 3.8) is 0 Å². The van der Waals surface area contributed by atoms with Crippen LogP contribution in [0.2, 0.25) is 0 Å². The molecule has 8 nitrogen and oxygen atoms in total. The number of fused-ring (bicyclic) bond motifs is 1. The van der Waals surface area contributed by atoms with Crippen molar-refractivity contribution in [3.05, 3.63) is 29.8 Å². The summed E-state index contributed by atoms with van der Waals surface area (Å²) in [6.45, 7) is 4.54. The Balaban J connectivity index is 1.41. The van der Waals surface area contributed by atoms with Crippen LogP contribution in [0.3, 0.4) is 0 Å². The molecule has 5 atom stereocenters. The number of aldehydes is 1. The number of benzene rings is 1. The molecular formula is C23H27F2N3O5. The van der Waals surface area contributed by atoms with Gasteiger partial charge in [0.05, 0.1) is 6.04 Å². The first-order valence-corrected chi connectivity index (χ1v) is 11.0. The maximum atomic E-state index is 13.4. The Morgan fingerprint density at radius 1 is 1.33 bits per heavy atom. The van der Waals surface area contributed by atoms with E-state index in [1.54, 1.807) is 0 Å². The number of amides is 3. The van der Waals surface area contributed by atoms with E-state index in [-0.39, 0.29) is 41.2 Å². The molecule has 0 unspecified atom stereocenters. The Morgan fingerprint density at radius 2 is 2.09 bits per heavy atom. The standard InChI is InChI=1S/C23H27F2N3O5/c1-23(2)15-9-28(18(30)11-33-14-3-4-16(24)17(25)8-14)20(19(15)23)22(32)27-13(10-29)7-12-5-6-26-21(12)31/h3-4,8,10,12-13,15,19-20H,5-7,9,11H2,1-2H3,(H,26,31)(H,27,32)/t12-,13-,15-,19-,20-/m0/s1. The van der Waals surface area contributed by atoms with Gasteiger partial charge in [-0.3, -0.25) is 14.4 Å². The summed E-state index contributed by atoms with van der Waals surface area (Å²) in [6, 6.07) is 1.37. The molecule has 0 radical (unpaired) electrons. The third-order valence-corrected chi connectivity index (χ3v) is 7.24. The van der Waals surface area contributed by atoms with Gasteiger partial charge in [0.25, 0.3) is 5.91 Å². The largest absolute Gasteiger partial charge is 0.484 e.